The van der Waals surface area contributed by atoms with Crippen molar-refractivity contribution >= 4 is 0 Å². The van der Waals surface area contributed by atoms with Gasteiger partial charge in [-0.15, -0.1) is 0 Å². The predicted octanol–water partition coefficient (Wildman–Crippen LogP) is 3.85. The Morgan fingerprint density at radius 1 is 1.00 bits per heavy atom. The molecule has 0 heterocycles. The first-order valence-corrected chi connectivity index (χ1v) is 5.95. The first-order chi connectivity index (χ1) is 6.56. The van der Waals surface area contributed by atoms with E-state index in [1.807, 2.05) is 0 Å². The van der Waals surface area contributed by atoms with E-state index in [1.165, 1.54) is 6.42 Å². The van der Waals surface area contributed by atoms with Crippen LogP contribution in [0.3, 0.4) is 0 Å². The molecule has 0 amide bonds. The zero-order valence-electron chi connectivity index (χ0n) is 9.96. The highest BCUT2D eigenvalue weighted by Gasteiger charge is 2.33. The van der Waals surface area contributed by atoms with Crippen LogP contribution in [0.2, 0.25) is 0 Å². The lowest BCUT2D eigenvalue weighted by Gasteiger charge is -2.38. The quantitative estimate of drug-likeness (QED) is 0.653. The first kappa shape index (κ1) is 11.6. The molecule has 0 spiro atoms. The summed E-state index contributed by atoms with van der Waals surface area (Å²) in [6.07, 6.45) is 3.53. The van der Waals surface area contributed by atoms with Crippen molar-refractivity contribution in [2.24, 2.45) is 29.6 Å². The van der Waals surface area contributed by atoms with Crippen molar-refractivity contribution < 1.29 is 0 Å². The fraction of sp³-hybridized carbons (Fsp3) is 0.923. The van der Waals surface area contributed by atoms with E-state index >= 15 is 0 Å². The van der Waals surface area contributed by atoms with Gasteiger partial charge in [-0.05, 0) is 42.9 Å². The molecule has 3 atom stereocenters. The fourth-order valence-electron chi connectivity index (χ4n) is 2.94. The molecule has 0 N–H and O–H groups in total. The van der Waals surface area contributed by atoms with Crippen molar-refractivity contribution in [1.82, 2.24) is 0 Å². The van der Waals surface area contributed by atoms with E-state index in [-0.39, 0.29) is 0 Å². The Morgan fingerprint density at radius 2 is 1.57 bits per heavy atom. The Bertz CT molecular complexity index is 212. The average Bonchev–Trinajstić information content (AvgIpc) is 2.16. The zero-order chi connectivity index (χ0) is 10.7. The number of rotatable bonds is 2. The molecular weight excluding hydrogens is 170 g/mol. The third kappa shape index (κ3) is 2.50. The molecule has 0 bridgehead atoms. The van der Waals surface area contributed by atoms with Crippen molar-refractivity contribution in [2.75, 3.05) is 0 Å². The number of nitrogens with zero attached hydrogens (tertiary/aromatic N) is 1. The molecule has 0 aromatic rings. The summed E-state index contributed by atoms with van der Waals surface area (Å²) in [5, 5.41) is 8.97. The highest BCUT2D eigenvalue weighted by Crippen LogP contribution is 2.41. The second-order valence-corrected chi connectivity index (χ2v) is 5.45. The summed E-state index contributed by atoms with van der Waals surface area (Å²) < 4.78 is 0. The molecule has 0 radical (unpaired) electrons. The third-order valence-corrected chi connectivity index (χ3v) is 3.85. The van der Waals surface area contributed by atoms with E-state index in [2.05, 4.69) is 33.8 Å². The van der Waals surface area contributed by atoms with Crippen molar-refractivity contribution in [2.45, 2.75) is 47.0 Å². The summed E-state index contributed by atoms with van der Waals surface area (Å²) in [7, 11) is 0. The predicted molar refractivity (Wildman–Crippen MR) is 59.6 cm³/mol. The van der Waals surface area contributed by atoms with Gasteiger partial charge in [-0.3, -0.25) is 0 Å². The molecule has 1 heteroatoms. The van der Waals surface area contributed by atoms with Crippen LogP contribution in [0.1, 0.15) is 47.0 Å². The first-order valence-electron chi connectivity index (χ1n) is 5.95. The van der Waals surface area contributed by atoms with Crippen LogP contribution in [0.25, 0.3) is 0 Å². The van der Waals surface area contributed by atoms with Crippen molar-refractivity contribution in [1.29, 1.82) is 5.26 Å². The van der Waals surface area contributed by atoms with Gasteiger partial charge < -0.3 is 0 Å². The van der Waals surface area contributed by atoms with E-state index in [1.54, 1.807) is 0 Å². The van der Waals surface area contributed by atoms with E-state index < -0.39 is 0 Å². The Kier molecular flexibility index (Phi) is 3.98. The van der Waals surface area contributed by atoms with E-state index in [9.17, 15) is 0 Å². The van der Waals surface area contributed by atoms with Crippen LogP contribution in [0.5, 0.6) is 0 Å². The van der Waals surface area contributed by atoms with Crippen LogP contribution in [-0.2, 0) is 0 Å². The highest BCUT2D eigenvalue weighted by atomic mass is 14.4. The van der Waals surface area contributed by atoms with Gasteiger partial charge >= 0.3 is 0 Å². The lowest BCUT2D eigenvalue weighted by molar-refractivity contribution is 0.116. The van der Waals surface area contributed by atoms with Crippen molar-refractivity contribution in [3.05, 3.63) is 0 Å². The van der Waals surface area contributed by atoms with Crippen LogP contribution in [-0.4, -0.2) is 0 Å². The molecule has 80 valence electrons. The second kappa shape index (κ2) is 4.82. The highest BCUT2D eigenvalue weighted by molar-refractivity contribution is 4.92. The van der Waals surface area contributed by atoms with Crippen LogP contribution < -0.4 is 0 Å². The maximum atomic E-state index is 8.97. The maximum Gasteiger partial charge on any atom is 0.0655 e. The van der Waals surface area contributed by atoms with Gasteiger partial charge in [0.1, 0.15) is 0 Å². The maximum absolute atomic E-state index is 8.97. The van der Waals surface area contributed by atoms with Crippen LogP contribution in [0, 0.1) is 40.9 Å². The van der Waals surface area contributed by atoms with Gasteiger partial charge in [0.05, 0.1) is 6.07 Å². The van der Waals surface area contributed by atoms with Gasteiger partial charge in [-0.2, -0.15) is 5.26 Å². The summed E-state index contributed by atoms with van der Waals surface area (Å²) in [4.78, 5) is 0. The van der Waals surface area contributed by atoms with Gasteiger partial charge in [0, 0.05) is 5.92 Å². The minimum atomic E-state index is 0.331. The largest absolute Gasteiger partial charge is 0.198 e. The molecule has 1 aliphatic rings. The molecule has 1 fully saturated rings. The molecule has 0 saturated heterocycles. The minimum Gasteiger partial charge on any atom is -0.198 e. The molecule has 14 heavy (non-hydrogen) atoms. The number of hydrogen-bond donors (Lipinski definition) is 0. The van der Waals surface area contributed by atoms with Crippen LogP contribution >= 0.6 is 0 Å². The SMILES string of the molecule is CC(C)C1CCC(C#N)CC1C(C)C. The lowest BCUT2D eigenvalue weighted by Crippen LogP contribution is -2.31. The number of nitriles is 1. The molecular formula is C13H23N. The van der Waals surface area contributed by atoms with Gasteiger partial charge in [-0.1, -0.05) is 27.7 Å². The van der Waals surface area contributed by atoms with Gasteiger partial charge in [0.25, 0.3) is 0 Å². The zero-order valence-corrected chi connectivity index (χ0v) is 9.96. The monoisotopic (exact) mass is 193 g/mol. The molecule has 1 aliphatic carbocycles. The van der Waals surface area contributed by atoms with Crippen LogP contribution in [0.15, 0.2) is 0 Å². The molecule has 1 rings (SSSR count). The molecule has 1 nitrogen and oxygen atoms in total. The summed E-state index contributed by atoms with van der Waals surface area (Å²) in [5.74, 6) is 3.46. The molecule has 1 saturated carbocycles. The Balaban J connectivity index is 2.66. The Hall–Kier alpha value is -0.510. The standard InChI is InChI=1S/C13H23N/c1-9(2)12-6-5-11(8-14)7-13(12)10(3)4/h9-13H,5-7H2,1-4H3. The lowest BCUT2D eigenvalue weighted by atomic mass is 9.66. The smallest absolute Gasteiger partial charge is 0.0655 e. The molecule has 0 aliphatic heterocycles. The topological polar surface area (TPSA) is 23.8 Å². The Morgan fingerprint density at radius 3 is 2.00 bits per heavy atom. The molecule has 3 unspecified atom stereocenters. The summed E-state index contributed by atoms with van der Waals surface area (Å²) in [6, 6.07) is 2.45. The van der Waals surface area contributed by atoms with E-state index in [0.717, 1.165) is 36.5 Å². The van der Waals surface area contributed by atoms with Gasteiger partial charge in [0.15, 0.2) is 0 Å². The number of hydrogen-bond acceptors (Lipinski definition) is 1. The van der Waals surface area contributed by atoms with Gasteiger partial charge in [-0.25, -0.2) is 0 Å². The fourth-order valence-corrected chi connectivity index (χ4v) is 2.94. The minimum absolute atomic E-state index is 0.331. The summed E-state index contributed by atoms with van der Waals surface area (Å²) in [5.41, 5.74) is 0. The van der Waals surface area contributed by atoms with E-state index in [4.69, 9.17) is 5.26 Å². The third-order valence-electron chi connectivity index (χ3n) is 3.85. The van der Waals surface area contributed by atoms with Gasteiger partial charge in [0.2, 0.25) is 0 Å². The van der Waals surface area contributed by atoms with E-state index in [0.29, 0.717) is 5.92 Å². The van der Waals surface area contributed by atoms with Crippen molar-refractivity contribution in [3.63, 3.8) is 0 Å². The Labute approximate surface area is 88.5 Å². The second-order valence-electron chi connectivity index (χ2n) is 5.45. The van der Waals surface area contributed by atoms with Crippen LogP contribution in [0.4, 0.5) is 0 Å². The molecule has 0 aromatic carbocycles. The molecule has 0 aromatic heterocycles. The average molecular weight is 193 g/mol. The normalized spacial score (nSPS) is 33.4. The summed E-state index contributed by atoms with van der Waals surface area (Å²) in [6.45, 7) is 9.26. The summed E-state index contributed by atoms with van der Waals surface area (Å²) >= 11 is 0. The van der Waals surface area contributed by atoms with Crippen molar-refractivity contribution in [3.8, 4) is 6.07 Å².